The molecule has 1 heterocycles. The van der Waals surface area contributed by atoms with Crippen LogP contribution in [-0.4, -0.2) is 0 Å². The predicted molar refractivity (Wildman–Crippen MR) is 65.2 cm³/mol. The van der Waals surface area contributed by atoms with E-state index in [1.54, 1.807) is 32.1 Å². The van der Waals surface area contributed by atoms with E-state index < -0.39 is 0 Å². The standard InChI is InChI=1S/C7H9N.C7H12/c1-7-5-3-2-4-6-8-7;1-2-7-4-3-6(1)5-7/h2-6,8H,1H3;6-7H,1-5H2. The first-order valence-electron chi connectivity index (χ1n) is 6.11. The minimum Gasteiger partial charge on any atom is -0.365 e. The average molecular weight is 203 g/mol. The second kappa shape index (κ2) is 5.20. The van der Waals surface area contributed by atoms with Crippen molar-refractivity contribution in [1.29, 1.82) is 0 Å². The number of hydrogen-bond acceptors (Lipinski definition) is 1. The highest BCUT2D eigenvalue weighted by atomic mass is 14.8. The van der Waals surface area contributed by atoms with Crippen LogP contribution in [0.4, 0.5) is 0 Å². The van der Waals surface area contributed by atoms with E-state index in [4.69, 9.17) is 0 Å². The molecular formula is C14H21N. The highest BCUT2D eigenvalue weighted by Crippen LogP contribution is 2.43. The molecule has 3 rings (SSSR count). The maximum Gasteiger partial charge on any atom is 0.0115 e. The van der Waals surface area contributed by atoms with Crippen LogP contribution in [0, 0.1) is 11.8 Å². The predicted octanol–water partition coefficient (Wildman–Crippen LogP) is 3.76. The molecule has 2 saturated carbocycles. The molecule has 0 saturated heterocycles. The van der Waals surface area contributed by atoms with Crippen molar-refractivity contribution in [3.63, 3.8) is 0 Å². The van der Waals surface area contributed by atoms with Crippen LogP contribution in [0.1, 0.15) is 39.0 Å². The zero-order valence-electron chi connectivity index (χ0n) is 9.58. The van der Waals surface area contributed by atoms with Gasteiger partial charge in [0, 0.05) is 11.9 Å². The van der Waals surface area contributed by atoms with Gasteiger partial charge < -0.3 is 5.32 Å². The smallest absolute Gasteiger partial charge is 0.0115 e. The van der Waals surface area contributed by atoms with Crippen molar-refractivity contribution in [2.24, 2.45) is 11.8 Å². The summed E-state index contributed by atoms with van der Waals surface area (Å²) < 4.78 is 0. The van der Waals surface area contributed by atoms with Gasteiger partial charge in [-0.3, -0.25) is 0 Å². The Morgan fingerprint density at radius 2 is 1.67 bits per heavy atom. The Bertz CT molecular complexity index is 268. The van der Waals surface area contributed by atoms with E-state index in [1.807, 2.05) is 37.4 Å². The van der Waals surface area contributed by atoms with Crippen LogP contribution < -0.4 is 5.32 Å². The first-order chi connectivity index (χ1) is 7.34. The summed E-state index contributed by atoms with van der Waals surface area (Å²) in [4.78, 5) is 0. The fraction of sp³-hybridized carbons (Fsp3) is 0.571. The highest BCUT2D eigenvalue weighted by Gasteiger charge is 2.30. The molecule has 0 aromatic rings. The monoisotopic (exact) mass is 203 g/mol. The van der Waals surface area contributed by atoms with Gasteiger partial charge in [0.05, 0.1) is 0 Å². The van der Waals surface area contributed by atoms with Crippen molar-refractivity contribution >= 4 is 0 Å². The third-order valence-electron chi connectivity index (χ3n) is 3.61. The Morgan fingerprint density at radius 1 is 1.00 bits per heavy atom. The van der Waals surface area contributed by atoms with Crippen LogP contribution in [0.2, 0.25) is 0 Å². The lowest BCUT2D eigenvalue weighted by Crippen LogP contribution is -1.98. The number of allylic oxidation sites excluding steroid dienone is 5. The van der Waals surface area contributed by atoms with E-state index >= 15 is 0 Å². The summed E-state index contributed by atoms with van der Waals surface area (Å²) in [5.41, 5.74) is 1.18. The van der Waals surface area contributed by atoms with Crippen molar-refractivity contribution in [3.8, 4) is 0 Å². The second-order valence-corrected chi connectivity index (χ2v) is 4.86. The van der Waals surface area contributed by atoms with Gasteiger partial charge in [0.15, 0.2) is 0 Å². The minimum absolute atomic E-state index is 1.17. The molecule has 82 valence electrons. The van der Waals surface area contributed by atoms with E-state index in [1.165, 1.54) is 17.5 Å². The van der Waals surface area contributed by atoms with Gasteiger partial charge in [-0.2, -0.15) is 0 Å². The largest absolute Gasteiger partial charge is 0.365 e. The zero-order valence-corrected chi connectivity index (χ0v) is 9.58. The first-order valence-corrected chi connectivity index (χ1v) is 6.11. The summed E-state index contributed by atoms with van der Waals surface area (Å²) in [7, 11) is 0. The molecule has 0 amide bonds. The molecule has 2 aliphatic carbocycles. The molecular weight excluding hydrogens is 182 g/mol. The lowest BCUT2D eigenvalue weighted by molar-refractivity contribution is 0.480. The Labute approximate surface area is 93.0 Å². The summed E-state index contributed by atoms with van der Waals surface area (Å²) >= 11 is 0. The van der Waals surface area contributed by atoms with Crippen LogP contribution in [0.15, 0.2) is 36.2 Å². The number of rotatable bonds is 0. The maximum atomic E-state index is 3.06. The Hall–Kier alpha value is -0.980. The van der Waals surface area contributed by atoms with E-state index in [0.29, 0.717) is 0 Å². The molecule has 0 atom stereocenters. The van der Waals surface area contributed by atoms with Gasteiger partial charge in [0.25, 0.3) is 0 Å². The Balaban J connectivity index is 0.000000114. The summed E-state index contributed by atoms with van der Waals surface area (Å²) in [6.07, 6.45) is 17.7. The number of hydrogen-bond donors (Lipinski definition) is 1. The van der Waals surface area contributed by atoms with Gasteiger partial charge in [-0.25, -0.2) is 0 Å². The molecule has 1 nitrogen and oxygen atoms in total. The second-order valence-electron chi connectivity index (χ2n) is 4.86. The Kier molecular flexibility index (Phi) is 3.65. The van der Waals surface area contributed by atoms with Gasteiger partial charge in [-0.05, 0) is 37.3 Å². The van der Waals surface area contributed by atoms with Crippen LogP contribution in [-0.2, 0) is 0 Å². The molecule has 1 heteroatoms. The topological polar surface area (TPSA) is 12.0 Å². The zero-order chi connectivity index (χ0) is 10.5. The molecule has 1 N–H and O–H groups in total. The number of fused-ring (bicyclic) bond motifs is 2. The van der Waals surface area contributed by atoms with Gasteiger partial charge >= 0.3 is 0 Å². The lowest BCUT2D eigenvalue weighted by Gasteiger charge is -2.05. The molecule has 0 unspecified atom stereocenters. The van der Waals surface area contributed by atoms with E-state index in [0.717, 1.165) is 0 Å². The van der Waals surface area contributed by atoms with Crippen LogP contribution in [0.25, 0.3) is 0 Å². The van der Waals surface area contributed by atoms with Crippen molar-refractivity contribution < 1.29 is 0 Å². The molecule has 2 fully saturated rings. The molecule has 0 aromatic carbocycles. The van der Waals surface area contributed by atoms with Crippen molar-refractivity contribution in [1.82, 2.24) is 5.32 Å². The highest BCUT2D eigenvalue weighted by molar-refractivity contribution is 5.19. The van der Waals surface area contributed by atoms with E-state index in [-0.39, 0.29) is 0 Å². The summed E-state index contributed by atoms with van der Waals surface area (Å²) in [6.45, 7) is 2.03. The average Bonchev–Trinajstić information content (AvgIpc) is 2.82. The summed E-state index contributed by atoms with van der Waals surface area (Å²) in [5, 5.41) is 3.06. The van der Waals surface area contributed by atoms with Gasteiger partial charge in [0.2, 0.25) is 0 Å². The molecule has 3 aliphatic rings. The van der Waals surface area contributed by atoms with Gasteiger partial charge in [-0.15, -0.1) is 0 Å². The van der Waals surface area contributed by atoms with E-state index in [2.05, 4.69) is 5.32 Å². The van der Waals surface area contributed by atoms with Crippen LogP contribution in [0.3, 0.4) is 0 Å². The minimum atomic E-state index is 1.17. The molecule has 0 spiro atoms. The molecule has 0 radical (unpaired) electrons. The van der Waals surface area contributed by atoms with Crippen LogP contribution in [0.5, 0.6) is 0 Å². The number of nitrogens with one attached hydrogen (secondary N) is 1. The van der Waals surface area contributed by atoms with Crippen molar-refractivity contribution in [3.05, 3.63) is 36.2 Å². The first kappa shape index (κ1) is 10.5. The molecule has 0 aromatic heterocycles. The molecule has 15 heavy (non-hydrogen) atoms. The normalized spacial score (nSPS) is 31.4. The van der Waals surface area contributed by atoms with E-state index in [9.17, 15) is 0 Å². The van der Waals surface area contributed by atoms with Gasteiger partial charge in [-0.1, -0.05) is 37.8 Å². The summed E-state index contributed by atoms with van der Waals surface area (Å²) in [5.74, 6) is 2.34. The molecule has 2 bridgehead atoms. The third kappa shape index (κ3) is 3.26. The fourth-order valence-electron chi connectivity index (χ4n) is 2.72. The fourth-order valence-corrected chi connectivity index (χ4v) is 2.72. The lowest BCUT2D eigenvalue weighted by atomic mass is 10.0. The van der Waals surface area contributed by atoms with Crippen molar-refractivity contribution in [2.75, 3.05) is 0 Å². The third-order valence-corrected chi connectivity index (χ3v) is 3.61. The maximum absolute atomic E-state index is 3.06. The Morgan fingerprint density at radius 3 is 2.20 bits per heavy atom. The quantitative estimate of drug-likeness (QED) is 0.632. The molecule has 1 aliphatic heterocycles. The van der Waals surface area contributed by atoms with Gasteiger partial charge in [0.1, 0.15) is 0 Å². The van der Waals surface area contributed by atoms with Crippen molar-refractivity contribution in [2.45, 2.75) is 39.0 Å². The summed E-state index contributed by atoms with van der Waals surface area (Å²) in [6, 6.07) is 0. The van der Waals surface area contributed by atoms with Crippen LogP contribution >= 0.6 is 0 Å². The SMILES string of the molecule is C1CC2CCC1C2.CC1=CC=CC=CN1.